The van der Waals surface area contributed by atoms with Crippen molar-refractivity contribution in [3.05, 3.63) is 0 Å². The van der Waals surface area contributed by atoms with Crippen molar-refractivity contribution in [3.63, 3.8) is 0 Å². The largest absolute Gasteiger partial charge is 0.481 e. The lowest BCUT2D eigenvalue weighted by Gasteiger charge is -2.18. The second-order valence-corrected chi connectivity index (χ2v) is 5.89. The highest BCUT2D eigenvalue weighted by Crippen LogP contribution is 2.13. The van der Waals surface area contributed by atoms with Crippen LogP contribution in [0, 0.1) is 5.92 Å². The van der Waals surface area contributed by atoms with Crippen molar-refractivity contribution < 1.29 is 38.9 Å². The zero-order valence-corrected chi connectivity index (χ0v) is 14.0. The number of hydrogen-bond donors (Lipinski definition) is 2. The van der Waals surface area contributed by atoms with Crippen LogP contribution in [0.1, 0.15) is 33.1 Å². The molecule has 8 nitrogen and oxygen atoms in total. The van der Waals surface area contributed by atoms with Gasteiger partial charge in [-0.15, -0.1) is 0 Å². The van der Waals surface area contributed by atoms with Crippen molar-refractivity contribution >= 4 is 35.6 Å². The lowest BCUT2D eigenvalue weighted by Crippen LogP contribution is -2.28. The molecule has 2 N–H and O–H groups in total. The van der Waals surface area contributed by atoms with Crippen LogP contribution >= 0.6 is 11.8 Å². The molecule has 132 valence electrons. The third-order valence-corrected chi connectivity index (χ3v) is 4.00. The van der Waals surface area contributed by atoms with Gasteiger partial charge in [0.1, 0.15) is 12.7 Å². The first-order chi connectivity index (χ1) is 10.8. The van der Waals surface area contributed by atoms with E-state index in [-0.39, 0.29) is 31.6 Å². The number of carboxylic acids is 2. The molecule has 0 radical (unpaired) electrons. The molecule has 0 amide bonds. The van der Waals surface area contributed by atoms with Crippen molar-refractivity contribution in [3.8, 4) is 0 Å². The minimum atomic E-state index is -1.10. The van der Waals surface area contributed by atoms with Gasteiger partial charge in [-0.25, -0.2) is 0 Å². The topological polar surface area (TPSA) is 127 Å². The number of ether oxygens (including phenoxy) is 2. The van der Waals surface area contributed by atoms with Crippen molar-refractivity contribution in [1.29, 1.82) is 0 Å². The van der Waals surface area contributed by atoms with Gasteiger partial charge in [-0.3, -0.25) is 19.2 Å². The van der Waals surface area contributed by atoms with Crippen LogP contribution in [0.15, 0.2) is 0 Å². The van der Waals surface area contributed by atoms with Crippen LogP contribution in [0.2, 0.25) is 0 Å². The Hall–Kier alpha value is -1.77. The van der Waals surface area contributed by atoms with Gasteiger partial charge in [0.25, 0.3) is 0 Å². The lowest BCUT2D eigenvalue weighted by atomic mass is 10.2. The van der Waals surface area contributed by atoms with Crippen LogP contribution in [0.4, 0.5) is 0 Å². The average molecular weight is 350 g/mol. The summed E-state index contributed by atoms with van der Waals surface area (Å²) in [6, 6.07) is 0. The van der Waals surface area contributed by atoms with Gasteiger partial charge in [-0.1, -0.05) is 13.8 Å². The van der Waals surface area contributed by atoms with E-state index in [2.05, 4.69) is 0 Å². The third-order valence-electron chi connectivity index (χ3n) is 2.65. The van der Waals surface area contributed by atoms with Crippen LogP contribution in [0.25, 0.3) is 0 Å². The Bertz CT molecular complexity index is 423. The Morgan fingerprint density at radius 3 is 2.22 bits per heavy atom. The average Bonchev–Trinajstić information content (AvgIpc) is 2.49. The van der Waals surface area contributed by atoms with Crippen molar-refractivity contribution in [2.45, 2.75) is 39.2 Å². The second kappa shape index (κ2) is 11.8. The number of carboxylic acid groups (broad SMARTS) is 2. The predicted molar refractivity (Wildman–Crippen MR) is 82.1 cm³/mol. The van der Waals surface area contributed by atoms with Crippen LogP contribution in [-0.4, -0.2) is 58.3 Å². The molecule has 0 fully saturated rings. The van der Waals surface area contributed by atoms with E-state index in [1.165, 1.54) is 11.8 Å². The van der Waals surface area contributed by atoms with Gasteiger partial charge in [0.2, 0.25) is 0 Å². The van der Waals surface area contributed by atoms with Crippen molar-refractivity contribution in [2.75, 3.05) is 18.1 Å². The zero-order valence-electron chi connectivity index (χ0n) is 13.1. The molecule has 0 saturated carbocycles. The molecule has 0 bridgehead atoms. The number of thioether (sulfide) groups is 1. The van der Waals surface area contributed by atoms with Crippen molar-refractivity contribution in [1.82, 2.24) is 0 Å². The molecule has 2 atom stereocenters. The summed E-state index contributed by atoms with van der Waals surface area (Å²) in [7, 11) is 0. The predicted octanol–water partition coefficient (Wildman–Crippen LogP) is 1.17. The van der Waals surface area contributed by atoms with Crippen LogP contribution in [0.3, 0.4) is 0 Å². The maximum absolute atomic E-state index is 11.4. The van der Waals surface area contributed by atoms with Crippen molar-refractivity contribution in [2.24, 2.45) is 5.92 Å². The van der Waals surface area contributed by atoms with E-state index < -0.39 is 35.9 Å². The van der Waals surface area contributed by atoms with E-state index in [0.717, 1.165) is 0 Å². The number of esters is 2. The molecule has 0 aliphatic carbocycles. The van der Waals surface area contributed by atoms with Crippen LogP contribution in [-0.2, 0) is 28.7 Å². The van der Waals surface area contributed by atoms with Gasteiger partial charge < -0.3 is 19.7 Å². The maximum atomic E-state index is 11.4. The van der Waals surface area contributed by atoms with E-state index in [0.29, 0.717) is 5.75 Å². The van der Waals surface area contributed by atoms with E-state index in [1.807, 2.05) is 0 Å². The SMILES string of the molecule is CCC(=O)OC(COC(=O)CCC(=O)O)CSCC(C)C(=O)O. The molecule has 0 rings (SSSR count). The fourth-order valence-electron chi connectivity index (χ4n) is 1.30. The Morgan fingerprint density at radius 2 is 1.70 bits per heavy atom. The molecule has 2 unspecified atom stereocenters. The standard InChI is InChI=1S/C14H22O8S/c1-3-12(17)22-10(8-23-7-9(2)14(19)20)6-21-13(18)5-4-11(15)16/h9-10H,3-8H2,1-2H3,(H,15,16)(H,19,20). The van der Waals surface area contributed by atoms with E-state index >= 15 is 0 Å². The maximum Gasteiger partial charge on any atom is 0.307 e. The first kappa shape index (κ1) is 21.2. The quantitative estimate of drug-likeness (QED) is 0.498. The molecule has 0 spiro atoms. The summed E-state index contributed by atoms with van der Waals surface area (Å²) < 4.78 is 10.0. The Morgan fingerprint density at radius 1 is 1.04 bits per heavy atom. The molecule has 0 saturated heterocycles. The van der Waals surface area contributed by atoms with Gasteiger partial charge in [0.05, 0.1) is 18.8 Å². The van der Waals surface area contributed by atoms with E-state index in [9.17, 15) is 19.2 Å². The van der Waals surface area contributed by atoms with Gasteiger partial charge in [0.15, 0.2) is 0 Å². The Kier molecular flexibility index (Phi) is 10.8. The van der Waals surface area contributed by atoms with Gasteiger partial charge in [-0.05, 0) is 0 Å². The summed E-state index contributed by atoms with van der Waals surface area (Å²) in [4.78, 5) is 43.8. The Balaban J connectivity index is 4.28. The normalized spacial score (nSPS) is 13.0. The second-order valence-electron chi connectivity index (χ2n) is 4.82. The number of aliphatic carboxylic acids is 2. The molecule has 0 aromatic carbocycles. The van der Waals surface area contributed by atoms with E-state index in [4.69, 9.17) is 19.7 Å². The molecular formula is C14H22O8S. The lowest BCUT2D eigenvalue weighted by molar-refractivity contribution is -0.158. The monoisotopic (exact) mass is 350 g/mol. The highest BCUT2D eigenvalue weighted by atomic mass is 32.2. The number of carbonyl (C=O) groups is 4. The number of hydrogen-bond acceptors (Lipinski definition) is 7. The molecule has 0 aromatic rings. The fourth-order valence-corrected chi connectivity index (χ4v) is 2.36. The van der Waals surface area contributed by atoms with Crippen LogP contribution in [0.5, 0.6) is 0 Å². The minimum absolute atomic E-state index is 0.166. The summed E-state index contributed by atoms with van der Waals surface area (Å²) >= 11 is 1.28. The fraction of sp³-hybridized carbons (Fsp3) is 0.714. The highest BCUT2D eigenvalue weighted by Gasteiger charge is 2.18. The molecule has 0 aliphatic heterocycles. The number of carbonyl (C=O) groups excluding carboxylic acids is 2. The highest BCUT2D eigenvalue weighted by molar-refractivity contribution is 7.99. The first-order valence-electron chi connectivity index (χ1n) is 7.13. The van der Waals surface area contributed by atoms with Crippen LogP contribution < -0.4 is 0 Å². The summed E-state index contributed by atoms with van der Waals surface area (Å²) in [5.74, 6) is -3.08. The number of rotatable bonds is 12. The molecule has 0 heterocycles. The molecular weight excluding hydrogens is 328 g/mol. The Labute approximate surface area is 138 Å². The van der Waals surface area contributed by atoms with Gasteiger partial charge in [0, 0.05) is 17.9 Å². The van der Waals surface area contributed by atoms with Gasteiger partial charge in [-0.2, -0.15) is 11.8 Å². The molecule has 23 heavy (non-hydrogen) atoms. The smallest absolute Gasteiger partial charge is 0.307 e. The summed E-state index contributed by atoms with van der Waals surface area (Å²) in [6.07, 6.45) is -1.11. The van der Waals surface area contributed by atoms with Gasteiger partial charge >= 0.3 is 23.9 Å². The summed E-state index contributed by atoms with van der Waals surface area (Å²) in [6.45, 7) is 3.00. The molecule has 0 aromatic heterocycles. The molecule has 9 heteroatoms. The third kappa shape index (κ3) is 11.5. The first-order valence-corrected chi connectivity index (χ1v) is 8.29. The minimum Gasteiger partial charge on any atom is -0.481 e. The summed E-state index contributed by atoms with van der Waals surface area (Å²) in [5, 5.41) is 17.3. The van der Waals surface area contributed by atoms with E-state index in [1.54, 1.807) is 13.8 Å². The summed E-state index contributed by atoms with van der Waals surface area (Å²) in [5.41, 5.74) is 0. The molecule has 0 aliphatic rings. The zero-order chi connectivity index (χ0) is 17.8.